The fourth-order valence-electron chi connectivity index (χ4n) is 2.32. The minimum absolute atomic E-state index is 0.180. The lowest BCUT2D eigenvalue weighted by atomic mass is 9.85. The monoisotopic (exact) mass is 232 g/mol. The largest absolute Gasteiger partial charge is 0.396 e. The van der Waals surface area contributed by atoms with Crippen LogP contribution in [0.4, 0.5) is 5.82 Å². The zero-order chi connectivity index (χ0) is 12.1. The summed E-state index contributed by atoms with van der Waals surface area (Å²) in [5, 5.41) is 21.5. The molecule has 1 aromatic heterocycles. The maximum atomic E-state index is 9.32. The van der Waals surface area contributed by atoms with Crippen LogP contribution in [-0.4, -0.2) is 27.7 Å². The summed E-state index contributed by atoms with van der Waals surface area (Å²) in [6.07, 6.45) is 7.42. The lowest BCUT2D eigenvalue weighted by molar-refractivity contribution is 0.178. The van der Waals surface area contributed by atoms with Gasteiger partial charge in [-0.2, -0.15) is 5.26 Å². The number of rotatable bonds is 3. The van der Waals surface area contributed by atoms with Crippen molar-refractivity contribution in [3.8, 4) is 6.07 Å². The van der Waals surface area contributed by atoms with E-state index < -0.39 is 0 Å². The van der Waals surface area contributed by atoms with Gasteiger partial charge in [-0.1, -0.05) is 12.8 Å². The Hall–Kier alpha value is -1.67. The van der Waals surface area contributed by atoms with Crippen LogP contribution in [0.5, 0.6) is 0 Å². The molecule has 17 heavy (non-hydrogen) atoms. The van der Waals surface area contributed by atoms with E-state index in [1.807, 2.05) is 6.07 Å². The molecular formula is C12H16N4O. The van der Waals surface area contributed by atoms with Crippen LogP contribution >= 0.6 is 0 Å². The minimum Gasteiger partial charge on any atom is -0.396 e. The normalized spacial score (nSPS) is 24.0. The molecule has 1 aliphatic rings. The fourth-order valence-corrected chi connectivity index (χ4v) is 2.32. The standard InChI is InChI=1S/C12H16N4O/c13-7-11-12(15-6-5-14-11)16-10-4-2-1-3-9(10)8-17/h5-6,9-10,17H,1-4,8H2,(H,15,16). The van der Waals surface area contributed by atoms with E-state index in [0.29, 0.717) is 11.5 Å². The van der Waals surface area contributed by atoms with Crippen LogP contribution < -0.4 is 5.32 Å². The van der Waals surface area contributed by atoms with Crippen LogP contribution in [0.2, 0.25) is 0 Å². The first-order chi connectivity index (χ1) is 8.35. The van der Waals surface area contributed by atoms with Gasteiger partial charge in [0.2, 0.25) is 0 Å². The highest BCUT2D eigenvalue weighted by molar-refractivity contribution is 5.47. The first-order valence-electron chi connectivity index (χ1n) is 5.93. The maximum absolute atomic E-state index is 9.32. The molecule has 1 aliphatic carbocycles. The molecule has 5 nitrogen and oxygen atoms in total. The average Bonchev–Trinajstić information content (AvgIpc) is 2.40. The van der Waals surface area contributed by atoms with E-state index in [0.717, 1.165) is 25.7 Å². The Labute approximate surface area is 101 Å². The number of nitrogens with one attached hydrogen (secondary N) is 1. The lowest BCUT2D eigenvalue weighted by Crippen LogP contribution is -2.34. The minimum atomic E-state index is 0.180. The van der Waals surface area contributed by atoms with Gasteiger partial charge in [-0.3, -0.25) is 0 Å². The molecule has 2 unspecified atom stereocenters. The zero-order valence-electron chi connectivity index (χ0n) is 9.63. The van der Waals surface area contributed by atoms with Gasteiger partial charge in [0, 0.05) is 31.0 Å². The number of nitrogens with zero attached hydrogens (tertiary/aromatic N) is 3. The molecule has 0 amide bonds. The topological polar surface area (TPSA) is 81.8 Å². The molecule has 0 aromatic carbocycles. The highest BCUT2D eigenvalue weighted by Gasteiger charge is 2.25. The molecule has 1 saturated carbocycles. The quantitative estimate of drug-likeness (QED) is 0.821. The van der Waals surface area contributed by atoms with Crippen molar-refractivity contribution in [3.05, 3.63) is 18.1 Å². The van der Waals surface area contributed by atoms with Crippen LogP contribution in [0.3, 0.4) is 0 Å². The number of anilines is 1. The molecule has 90 valence electrons. The summed E-state index contributed by atoms with van der Waals surface area (Å²) < 4.78 is 0. The highest BCUT2D eigenvalue weighted by Crippen LogP contribution is 2.26. The van der Waals surface area contributed by atoms with E-state index in [4.69, 9.17) is 5.26 Å². The predicted molar refractivity (Wildman–Crippen MR) is 63.2 cm³/mol. The number of aliphatic hydroxyl groups is 1. The molecule has 2 atom stereocenters. The third kappa shape index (κ3) is 2.71. The summed E-state index contributed by atoms with van der Waals surface area (Å²) in [7, 11) is 0. The van der Waals surface area contributed by atoms with Gasteiger partial charge in [0.15, 0.2) is 11.5 Å². The molecule has 0 radical (unpaired) electrons. The van der Waals surface area contributed by atoms with Crippen LogP contribution in [0, 0.1) is 17.2 Å². The molecule has 0 saturated heterocycles. The van der Waals surface area contributed by atoms with E-state index >= 15 is 0 Å². The molecule has 0 aliphatic heterocycles. The van der Waals surface area contributed by atoms with Gasteiger partial charge >= 0.3 is 0 Å². The second-order valence-electron chi connectivity index (χ2n) is 4.34. The number of aliphatic hydroxyl groups excluding tert-OH is 1. The SMILES string of the molecule is N#Cc1nccnc1NC1CCCCC1CO. The van der Waals surface area contributed by atoms with E-state index in [1.165, 1.54) is 6.20 Å². The Morgan fingerprint density at radius 3 is 2.88 bits per heavy atom. The number of hydrogen-bond donors (Lipinski definition) is 2. The molecule has 1 aromatic rings. The first-order valence-corrected chi connectivity index (χ1v) is 5.93. The van der Waals surface area contributed by atoms with Crippen molar-refractivity contribution in [2.45, 2.75) is 31.7 Å². The maximum Gasteiger partial charge on any atom is 0.182 e. The first kappa shape index (κ1) is 11.8. The Morgan fingerprint density at radius 2 is 2.12 bits per heavy atom. The van der Waals surface area contributed by atoms with Crippen LogP contribution in [0.15, 0.2) is 12.4 Å². The molecule has 5 heteroatoms. The molecule has 0 spiro atoms. The second-order valence-corrected chi connectivity index (χ2v) is 4.34. The Balaban J connectivity index is 2.11. The summed E-state index contributed by atoms with van der Waals surface area (Å²) in [5.74, 6) is 0.776. The van der Waals surface area contributed by atoms with Crippen molar-refractivity contribution in [3.63, 3.8) is 0 Å². The number of hydrogen-bond acceptors (Lipinski definition) is 5. The summed E-state index contributed by atoms with van der Waals surface area (Å²) in [5.41, 5.74) is 0.315. The lowest BCUT2D eigenvalue weighted by Gasteiger charge is -2.31. The summed E-state index contributed by atoms with van der Waals surface area (Å²) in [4.78, 5) is 8.10. The zero-order valence-corrected chi connectivity index (χ0v) is 9.63. The van der Waals surface area contributed by atoms with E-state index in [1.54, 1.807) is 6.20 Å². The van der Waals surface area contributed by atoms with Gasteiger partial charge in [0.05, 0.1) is 0 Å². The number of aromatic nitrogens is 2. The Bertz CT molecular complexity index is 415. The van der Waals surface area contributed by atoms with Crippen molar-refractivity contribution >= 4 is 5.82 Å². The molecular weight excluding hydrogens is 216 g/mol. The molecule has 1 fully saturated rings. The van der Waals surface area contributed by atoms with Crippen molar-refractivity contribution in [1.29, 1.82) is 5.26 Å². The van der Waals surface area contributed by atoms with Crippen molar-refractivity contribution in [2.75, 3.05) is 11.9 Å². The third-order valence-electron chi connectivity index (χ3n) is 3.27. The fraction of sp³-hybridized carbons (Fsp3) is 0.583. The summed E-state index contributed by atoms with van der Waals surface area (Å²) in [6.45, 7) is 0.180. The van der Waals surface area contributed by atoms with Crippen LogP contribution in [-0.2, 0) is 0 Å². The molecule has 2 rings (SSSR count). The van der Waals surface area contributed by atoms with Gasteiger partial charge in [-0.15, -0.1) is 0 Å². The summed E-state index contributed by atoms with van der Waals surface area (Å²) in [6, 6.07) is 2.21. The summed E-state index contributed by atoms with van der Waals surface area (Å²) >= 11 is 0. The molecule has 2 N–H and O–H groups in total. The van der Waals surface area contributed by atoms with Crippen LogP contribution in [0.25, 0.3) is 0 Å². The van der Waals surface area contributed by atoms with Crippen molar-refractivity contribution in [2.24, 2.45) is 5.92 Å². The Morgan fingerprint density at radius 1 is 1.35 bits per heavy atom. The van der Waals surface area contributed by atoms with Crippen LogP contribution in [0.1, 0.15) is 31.4 Å². The van der Waals surface area contributed by atoms with Gasteiger partial charge in [0.25, 0.3) is 0 Å². The van der Waals surface area contributed by atoms with E-state index in [2.05, 4.69) is 15.3 Å². The molecule has 0 bridgehead atoms. The van der Waals surface area contributed by atoms with Gasteiger partial charge in [-0.05, 0) is 12.8 Å². The predicted octanol–water partition coefficient (Wildman–Crippen LogP) is 1.31. The van der Waals surface area contributed by atoms with Gasteiger partial charge < -0.3 is 10.4 Å². The smallest absolute Gasteiger partial charge is 0.182 e. The van der Waals surface area contributed by atoms with Crippen molar-refractivity contribution < 1.29 is 5.11 Å². The van der Waals surface area contributed by atoms with Gasteiger partial charge in [-0.25, -0.2) is 9.97 Å². The number of nitriles is 1. The highest BCUT2D eigenvalue weighted by atomic mass is 16.3. The van der Waals surface area contributed by atoms with E-state index in [9.17, 15) is 5.11 Å². The van der Waals surface area contributed by atoms with Crippen molar-refractivity contribution in [1.82, 2.24) is 9.97 Å². The second kappa shape index (κ2) is 5.60. The Kier molecular flexibility index (Phi) is 3.89. The van der Waals surface area contributed by atoms with E-state index in [-0.39, 0.29) is 18.6 Å². The molecule has 1 heterocycles. The average molecular weight is 232 g/mol. The van der Waals surface area contributed by atoms with Gasteiger partial charge in [0.1, 0.15) is 6.07 Å². The third-order valence-corrected chi connectivity index (χ3v) is 3.27.